The number of hydrogen-bond acceptors (Lipinski definition) is 5. The second kappa shape index (κ2) is 6.37. The van der Waals surface area contributed by atoms with Crippen LogP contribution in [-0.2, 0) is 12.8 Å². The number of rotatable bonds is 5. The minimum atomic E-state index is 0.222. The Bertz CT molecular complexity index is 745. The molecule has 0 atom stereocenters. The summed E-state index contributed by atoms with van der Waals surface area (Å²) in [6, 6.07) is 7.92. The van der Waals surface area contributed by atoms with Crippen LogP contribution in [0.5, 0.6) is 5.88 Å². The minimum absolute atomic E-state index is 0.222. The molecule has 0 aromatic carbocycles. The first-order valence-electron chi connectivity index (χ1n) is 6.75. The molecule has 0 fully saturated rings. The molecule has 3 aromatic rings. The van der Waals surface area contributed by atoms with Crippen LogP contribution in [0.2, 0.25) is 5.28 Å². The normalized spacial score (nSPS) is 11.0. The standard InChI is InChI=1S/C15H14ClN3OS/c1-2-11-9-12-13(18-15(16)19-14(12)21-11)20-8-6-10-5-3-4-7-17-10/h3-5,7,9H,2,6,8H2,1H3. The molecule has 108 valence electrons. The quantitative estimate of drug-likeness (QED) is 0.669. The zero-order valence-electron chi connectivity index (χ0n) is 11.5. The van der Waals surface area contributed by atoms with E-state index in [1.807, 2.05) is 18.2 Å². The zero-order chi connectivity index (χ0) is 14.7. The number of pyridine rings is 1. The summed E-state index contributed by atoms with van der Waals surface area (Å²) in [5, 5.41) is 1.15. The van der Waals surface area contributed by atoms with Crippen molar-refractivity contribution in [1.29, 1.82) is 0 Å². The van der Waals surface area contributed by atoms with E-state index in [0.717, 1.165) is 28.8 Å². The summed E-state index contributed by atoms with van der Waals surface area (Å²) >= 11 is 7.59. The molecule has 0 N–H and O–H groups in total. The summed E-state index contributed by atoms with van der Waals surface area (Å²) < 4.78 is 5.79. The van der Waals surface area contributed by atoms with Crippen molar-refractivity contribution in [3.05, 3.63) is 46.3 Å². The number of fused-ring (bicyclic) bond motifs is 1. The van der Waals surface area contributed by atoms with Gasteiger partial charge in [0.1, 0.15) is 4.83 Å². The molecule has 4 nitrogen and oxygen atoms in total. The molecule has 0 aliphatic rings. The largest absolute Gasteiger partial charge is 0.477 e. The number of thiophene rings is 1. The van der Waals surface area contributed by atoms with Gasteiger partial charge in [-0.25, -0.2) is 4.98 Å². The van der Waals surface area contributed by atoms with Gasteiger partial charge >= 0.3 is 0 Å². The molecular formula is C15H14ClN3OS. The second-order valence-electron chi connectivity index (χ2n) is 4.50. The molecule has 3 aromatic heterocycles. The maximum absolute atomic E-state index is 5.96. The van der Waals surface area contributed by atoms with Gasteiger partial charge in [-0.3, -0.25) is 4.98 Å². The summed E-state index contributed by atoms with van der Waals surface area (Å²) in [6.45, 7) is 2.62. The Morgan fingerprint density at radius 3 is 2.95 bits per heavy atom. The van der Waals surface area contributed by atoms with Crippen molar-refractivity contribution in [3.63, 3.8) is 0 Å². The molecule has 3 heterocycles. The van der Waals surface area contributed by atoms with Gasteiger partial charge in [-0.15, -0.1) is 11.3 Å². The highest BCUT2D eigenvalue weighted by molar-refractivity contribution is 7.18. The van der Waals surface area contributed by atoms with E-state index in [1.165, 1.54) is 4.88 Å². The zero-order valence-corrected chi connectivity index (χ0v) is 13.1. The van der Waals surface area contributed by atoms with Gasteiger partial charge in [0, 0.05) is 23.2 Å². The molecule has 0 saturated carbocycles. The topological polar surface area (TPSA) is 47.9 Å². The molecule has 21 heavy (non-hydrogen) atoms. The Labute approximate surface area is 131 Å². The molecule has 3 rings (SSSR count). The fraction of sp³-hybridized carbons (Fsp3) is 0.267. The first kappa shape index (κ1) is 14.2. The van der Waals surface area contributed by atoms with E-state index in [4.69, 9.17) is 16.3 Å². The number of aryl methyl sites for hydroxylation is 1. The van der Waals surface area contributed by atoms with Crippen molar-refractivity contribution in [3.8, 4) is 5.88 Å². The van der Waals surface area contributed by atoms with Crippen LogP contribution >= 0.6 is 22.9 Å². The number of aromatic nitrogens is 3. The summed E-state index contributed by atoms with van der Waals surface area (Å²) in [4.78, 5) is 14.8. The minimum Gasteiger partial charge on any atom is -0.477 e. The molecule has 0 aliphatic carbocycles. The van der Waals surface area contributed by atoms with Crippen LogP contribution in [0.15, 0.2) is 30.5 Å². The first-order chi connectivity index (χ1) is 10.3. The molecule has 0 amide bonds. The predicted octanol–water partition coefficient (Wildman–Crippen LogP) is 3.92. The maximum atomic E-state index is 5.96. The second-order valence-corrected chi connectivity index (χ2v) is 5.96. The van der Waals surface area contributed by atoms with Gasteiger partial charge in [-0.1, -0.05) is 13.0 Å². The maximum Gasteiger partial charge on any atom is 0.227 e. The predicted molar refractivity (Wildman–Crippen MR) is 85.2 cm³/mol. The van der Waals surface area contributed by atoms with Gasteiger partial charge in [-0.05, 0) is 36.2 Å². The molecule has 0 bridgehead atoms. The van der Waals surface area contributed by atoms with Crippen molar-refractivity contribution >= 4 is 33.2 Å². The van der Waals surface area contributed by atoms with Crippen LogP contribution in [0.3, 0.4) is 0 Å². The summed E-state index contributed by atoms with van der Waals surface area (Å²) in [5.74, 6) is 0.553. The first-order valence-corrected chi connectivity index (χ1v) is 7.94. The van der Waals surface area contributed by atoms with E-state index < -0.39 is 0 Å². The molecule has 6 heteroatoms. The summed E-state index contributed by atoms with van der Waals surface area (Å²) in [7, 11) is 0. The Morgan fingerprint density at radius 2 is 2.19 bits per heavy atom. The number of hydrogen-bond donors (Lipinski definition) is 0. The van der Waals surface area contributed by atoms with E-state index in [2.05, 4.69) is 27.9 Å². The average molecular weight is 320 g/mol. The molecule has 0 radical (unpaired) electrons. The lowest BCUT2D eigenvalue weighted by Gasteiger charge is -2.06. The van der Waals surface area contributed by atoms with E-state index in [1.54, 1.807) is 17.5 Å². The highest BCUT2D eigenvalue weighted by Crippen LogP contribution is 2.31. The van der Waals surface area contributed by atoms with Gasteiger partial charge in [0.25, 0.3) is 0 Å². The van der Waals surface area contributed by atoms with Gasteiger partial charge in [0.2, 0.25) is 11.2 Å². The van der Waals surface area contributed by atoms with Crippen LogP contribution in [0.4, 0.5) is 0 Å². The van der Waals surface area contributed by atoms with E-state index in [0.29, 0.717) is 12.5 Å². The summed E-state index contributed by atoms with van der Waals surface area (Å²) in [6.07, 6.45) is 3.47. The van der Waals surface area contributed by atoms with Crippen molar-refractivity contribution in [1.82, 2.24) is 15.0 Å². The number of ether oxygens (including phenoxy) is 1. The lowest BCUT2D eigenvalue weighted by molar-refractivity contribution is 0.312. The fourth-order valence-electron chi connectivity index (χ4n) is 2.00. The third-order valence-corrected chi connectivity index (χ3v) is 4.40. The Hall–Kier alpha value is -1.72. The number of halogens is 1. The Kier molecular flexibility index (Phi) is 4.31. The van der Waals surface area contributed by atoms with Crippen molar-refractivity contribution in [2.75, 3.05) is 6.61 Å². The van der Waals surface area contributed by atoms with Crippen molar-refractivity contribution in [2.24, 2.45) is 0 Å². The van der Waals surface area contributed by atoms with Gasteiger partial charge < -0.3 is 4.74 Å². The molecule has 0 unspecified atom stereocenters. The van der Waals surface area contributed by atoms with Crippen LogP contribution in [0.25, 0.3) is 10.2 Å². The van der Waals surface area contributed by atoms with Gasteiger partial charge in [0.05, 0.1) is 12.0 Å². The fourth-order valence-corrected chi connectivity index (χ4v) is 3.17. The average Bonchev–Trinajstić information content (AvgIpc) is 2.91. The monoisotopic (exact) mass is 319 g/mol. The van der Waals surface area contributed by atoms with E-state index >= 15 is 0 Å². The SMILES string of the molecule is CCc1cc2c(OCCc3ccccn3)nc(Cl)nc2s1. The highest BCUT2D eigenvalue weighted by Gasteiger charge is 2.11. The van der Waals surface area contributed by atoms with E-state index in [-0.39, 0.29) is 5.28 Å². The van der Waals surface area contributed by atoms with Crippen molar-refractivity contribution < 1.29 is 4.74 Å². The number of nitrogens with zero attached hydrogens (tertiary/aromatic N) is 3. The van der Waals surface area contributed by atoms with Crippen LogP contribution in [-0.4, -0.2) is 21.6 Å². The Morgan fingerprint density at radius 1 is 1.29 bits per heavy atom. The molecule has 0 saturated heterocycles. The van der Waals surface area contributed by atoms with Gasteiger partial charge in [-0.2, -0.15) is 4.98 Å². The molecular weight excluding hydrogens is 306 g/mol. The molecule has 0 aliphatic heterocycles. The third-order valence-electron chi connectivity index (χ3n) is 3.05. The lowest BCUT2D eigenvalue weighted by Crippen LogP contribution is -2.04. The van der Waals surface area contributed by atoms with E-state index in [9.17, 15) is 0 Å². The Balaban J connectivity index is 1.78. The highest BCUT2D eigenvalue weighted by atomic mass is 35.5. The lowest BCUT2D eigenvalue weighted by atomic mass is 10.3. The van der Waals surface area contributed by atoms with Crippen LogP contribution in [0, 0.1) is 0 Å². The summed E-state index contributed by atoms with van der Waals surface area (Å²) in [5.41, 5.74) is 0.994. The van der Waals surface area contributed by atoms with Crippen LogP contribution in [0.1, 0.15) is 17.5 Å². The van der Waals surface area contributed by atoms with Gasteiger partial charge in [0.15, 0.2) is 0 Å². The smallest absolute Gasteiger partial charge is 0.227 e. The van der Waals surface area contributed by atoms with Crippen molar-refractivity contribution in [2.45, 2.75) is 19.8 Å². The molecule has 0 spiro atoms. The third kappa shape index (κ3) is 3.31. The van der Waals surface area contributed by atoms with Crippen LogP contribution < -0.4 is 4.74 Å².